The number of nitrogens with one attached hydrogen (secondary N) is 2. The molecule has 1 fully saturated rings. The van der Waals surface area contributed by atoms with Gasteiger partial charge in [0.2, 0.25) is 0 Å². The first-order valence-corrected chi connectivity index (χ1v) is 9.57. The van der Waals surface area contributed by atoms with Gasteiger partial charge in [-0.2, -0.15) is 0 Å². The number of hydrogen-bond acceptors (Lipinski definition) is 4. The molecule has 2 aromatic carbocycles. The summed E-state index contributed by atoms with van der Waals surface area (Å²) in [5.74, 6) is -1.41. The van der Waals surface area contributed by atoms with E-state index in [2.05, 4.69) is 26.6 Å². The van der Waals surface area contributed by atoms with Crippen molar-refractivity contribution in [1.29, 1.82) is 0 Å². The summed E-state index contributed by atoms with van der Waals surface area (Å²) >= 11 is 8.26. The molecule has 0 unspecified atom stereocenters. The molecule has 1 saturated heterocycles. The second kappa shape index (κ2) is 8.83. The van der Waals surface area contributed by atoms with Crippen molar-refractivity contribution < 1.29 is 23.0 Å². The minimum atomic E-state index is -0.774. The van der Waals surface area contributed by atoms with Crippen LogP contribution in [0.25, 0.3) is 0 Å². The minimum absolute atomic E-state index is 0.0361. The zero-order valence-corrected chi connectivity index (χ0v) is 17.2. The first kappa shape index (κ1) is 20.5. The van der Waals surface area contributed by atoms with E-state index in [-0.39, 0.29) is 18.7 Å². The Bertz CT molecular complexity index is 872. The maximum Gasteiger partial charge on any atom is 0.408 e. The molecule has 0 radical (unpaired) electrons. The fourth-order valence-electron chi connectivity index (χ4n) is 3.00. The Labute approximate surface area is 174 Å². The molecular weight excluding hydrogens is 454 g/mol. The molecule has 1 heterocycles. The molecule has 0 aromatic heterocycles. The number of benzene rings is 2. The molecule has 0 aliphatic carbocycles. The third-order valence-electron chi connectivity index (χ3n) is 4.40. The summed E-state index contributed by atoms with van der Waals surface area (Å²) in [4.78, 5) is 12.5. The monoisotopic (exact) mass is 470 g/mol. The van der Waals surface area contributed by atoms with Gasteiger partial charge >= 0.3 is 6.09 Å². The van der Waals surface area contributed by atoms with E-state index in [1.165, 1.54) is 12.1 Å². The van der Waals surface area contributed by atoms with Gasteiger partial charge in [0.05, 0.1) is 18.1 Å². The lowest BCUT2D eigenvalue weighted by atomic mass is 9.93. The number of ether oxygens (including phenoxy) is 2. The number of alkyl carbamates (subject to hydrolysis) is 1. The van der Waals surface area contributed by atoms with Crippen LogP contribution in [-0.4, -0.2) is 30.8 Å². The molecule has 9 heteroatoms. The van der Waals surface area contributed by atoms with Gasteiger partial charge in [-0.25, -0.2) is 13.6 Å². The normalized spacial score (nSPS) is 18.5. The van der Waals surface area contributed by atoms with Crippen LogP contribution in [0.5, 0.6) is 5.75 Å². The average molecular weight is 471 g/mol. The molecular formula is C19H17BrF2N2O3S. The van der Waals surface area contributed by atoms with E-state index in [0.717, 1.165) is 5.56 Å². The van der Waals surface area contributed by atoms with Crippen LogP contribution in [0.4, 0.5) is 13.6 Å². The summed E-state index contributed by atoms with van der Waals surface area (Å²) in [6.45, 7) is 0.242. The number of thiocarbonyl (C=S) groups is 1. The van der Waals surface area contributed by atoms with Crippen molar-refractivity contribution in [1.82, 2.24) is 10.6 Å². The van der Waals surface area contributed by atoms with Crippen LogP contribution in [0.1, 0.15) is 17.0 Å². The van der Waals surface area contributed by atoms with Gasteiger partial charge in [0.15, 0.2) is 0 Å². The summed E-state index contributed by atoms with van der Waals surface area (Å²) in [6, 6.07) is 8.62. The van der Waals surface area contributed by atoms with Crippen LogP contribution < -0.4 is 15.4 Å². The molecule has 0 spiro atoms. The van der Waals surface area contributed by atoms with E-state index in [1.54, 1.807) is 31.4 Å². The SMILES string of the molecule is COc1ccc(COC(=O)N[C@@H]2C(=S)NC[C@H]2c2c(F)cc(Br)cc2F)cc1. The topological polar surface area (TPSA) is 59.6 Å². The van der Waals surface area contributed by atoms with E-state index < -0.39 is 29.7 Å². The van der Waals surface area contributed by atoms with E-state index in [9.17, 15) is 13.6 Å². The average Bonchev–Trinajstić information content (AvgIpc) is 3.00. The number of rotatable bonds is 5. The van der Waals surface area contributed by atoms with Crippen molar-refractivity contribution >= 4 is 39.2 Å². The molecule has 2 atom stereocenters. The molecule has 0 bridgehead atoms. The van der Waals surface area contributed by atoms with Crippen LogP contribution >= 0.6 is 28.1 Å². The van der Waals surface area contributed by atoms with Crippen LogP contribution in [0.3, 0.4) is 0 Å². The lowest BCUT2D eigenvalue weighted by Crippen LogP contribution is -2.42. The van der Waals surface area contributed by atoms with Crippen molar-refractivity contribution in [3.63, 3.8) is 0 Å². The molecule has 3 rings (SSSR count). The first-order valence-electron chi connectivity index (χ1n) is 8.37. The highest BCUT2D eigenvalue weighted by molar-refractivity contribution is 9.10. The largest absolute Gasteiger partial charge is 0.497 e. The number of hydrogen-bond donors (Lipinski definition) is 2. The standard InChI is InChI=1S/C19H17BrF2N2O3S/c1-26-12-4-2-10(3-5-12)9-27-19(25)24-17-13(8-23-18(17)28)16-14(21)6-11(20)7-15(16)22/h2-7,13,17H,8-9H2,1H3,(H,23,28)(H,24,25)/t13-,17-/m0/s1. The Balaban J connectivity index is 1.67. The number of methoxy groups -OCH3 is 1. The maximum atomic E-state index is 14.3. The molecule has 2 N–H and O–H groups in total. The van der Waals surface area contributed by atoms with Crippen molar-refractivity contribution in [2.24, 2.45) is 0 Å². The van der Waals surface area contributed by atoms with Crippen molar-refractivity contribution in [2.45, 2.75) is 18.6 Å². The highest BCUT2D eigenvalue weighted by atomic mass is 79.9. The molecule has 1 aliphatic heterocycles. The quantitative estimate of drug-likeness (QED) is 0.645. The summed E-state index contributed by atoms with van der Waals surface area (Å²) < 4.78 is 39.2. The van der Waals surface area contributed by atoms with Gasteiger partial charge in [-0.1, -0.05) is 40.3 Å². The second-order valence-corrected chi connectivity index (χ2v) is 7.54. The summed E-state index contributed by atoms with van der Waals surface area (Å²) in [5, 5.41) is 5.49. The third kappa shape index (κ3) is 4.59. The zero-order chi connectivity index (χ0) is 20.3. The Kier molecular flexibility index (Phi) is 6.46. The van der Waals surface area contributed by atoms with Gasteiger partial charge in [0.25, 0.3) is 0 Å². The van der Waals surface area contributed by atoms with Gasteiger partial charge in [-0.15, -0.1) is 0 Å². The van der Waals surface area contributed by atoms with Crippen molar-refractivity contribution in [3.05, 3.63) is 63.6 Å². The molecule has 5 nitrogen and oxygen atoms in total. The Morgan fingerprint density at radius 2 is 1.93 bits per heavy atom. The number of halogens is 3. The minimum Gasteiger partial charge on any atom is -0.497 e. The number of amides is 1. The Morgan fingerprint density at radius 1 is 1.29 bits per heavy atom. The van der Waals surface area contributed by atoms with Crippen LogP contribution in [0, 0.1) is 11.6 Å². The lowest BCUT2D eigenvalue weighted by molar-refractivity contribution is 0.137. The third-order valence-corrected chi connectivity index (χ3v) is 5.25. The van der Waals surface area contributed by atoms with Crippen molar-refractivity contribution in [2.75, 3.05) is 13.7 Å². The summed E-state index contributed by atoms with van der Waals surface area (Å²) in [5.41, 5.74) is 0.639. The predicted octanol–water partition coefficient (Wildman–Crippen LogP) is 4.05. The second-order valence-electron chi connectivity index (χ2n) is 6.18. The Hall–Kier alpha value is -2.26. The molecule has 28 heavy (non-hydrogen) atoms. The van der Waals surface area contributed by atoms with E-state index in [1.807, 2.05) is 0 Å². The number of carbonyl (C=O) groups excluding carboxylic acids is 1. The Morgan fingerprint density at radius 3 is 2.54 bits per heavy atom. The van der Waals surface area contributed by atoms with E-state index in [4.69, 9.17) is 21.7 Å². The summed E-state index contributed by atoms with van der Waals surface area (Å²) in [7, 11) is 1.56. The highest BCUT2D eigenvalue weighted by Crippen LogP contribution is 2.31. The van der Waals surface area contributed by atoms with Crippen molar-refractivity contribution in [3.8, 4) is 5.75 Å². The molecule has 1 amide bonds. The lowest BCUT2D eigenvalue weighted by Gasteiger charge is -2.21. The fraction of sp³-hybridized carbons (Fsp3) is 0.263. The maximum absolute atomic E-state index is 14.3. The fourth-order valence-corrected chi connectivity index (χ4v) is 3.71. The first-order chi connectivity index (χ1) is 13.4. The smallest absolute Gasteiger partial charge is 0.408 e. The zero-order valence-electron chi connectivity index (χ0n) is 14.8. The van der Waals surface area contributed by atoms with E-state index >= 15 is 0 Å². The van der Waals surface area contributed by atoms with E-state index in [0.29, 0.717) is 15.2 Å². The molecule has 0 saturated carbocycles. The predicted molar refractivity (Wildman–Crippen MR) is 108 cm³/mol. The van der Waals surface area contributed by atoms with Gasteiger partial charge in [0.1, 0.15) is 24.0 Å². The highest BCUT2D eigenvalue weighted by Gasteiger charge is 2.37. The van der Waals surface area contributed by atoms with Gasteiger partial charge in [-0.3, -0.25) is 0 Å². The van der Waals surface area contributed by atoms with Gasteiger partial charge < -0.3 is 20.1 Å². The number of carbonyl (C=O) groups is 1. The van der Waals surface area contributed by atoms with Crippen LogP contribution in [-0.2, 0) is 11.3 Å². The van der Waals surface area contributed by atoms with Crippen LogP contribution in [0.2, 0.25) is 0 Å². The molecule has 1 aliphatic rings. The van der Waals surface area contributed by atoms with Gasteiger partial charge in [0, 0.05) is 22.5 Å². The van der Waals surface area contributed by atoms with Gasteiger partial charge in [-0.05, 0) is 29.8 Å². The summed E-state index contributed by atoms with van der Waals surface area (Å²) in [6.07, 6.45) is -0.727. The van der Waals surface area contributed by atoms with Crippen LogP contribution in [0.15, 0.2) is 40.9 Å². The molecule has 2 aromatic rings. The molecule has 148 valence electrons.